The van der Waals surface area contributed by atoms with Crippen LogP contribution < -0.4 is 0 Å². The van der Waals surface area contributed by atoms with E-state index in [0.717, 1.165) is 16.9 Å². The molecule has 1 nitrogen and oxygen atoms in total. The zero-order chi connectivity index (χ0) is 7.68. The first kappa shape index (κ1) is 6.23. The van der Waals surface area contributed by atoms with Gasteiger partial charge in [-0.2, -0.15) is 0 Å². The molecule has 0 aromatic rings. The highest BCUT2D eigenvalue weighted by atomic mass is 16.3. The number of fused-ring (bicyclic) bond motifs is 1. The van der Waals surface area contributed by atoms with Gasteiger partial charge >= 0.3 is 0 Å². The molecule has 53 valence electrons. The van der Waals surface area contributed by atoms with Crippen molar-refractivity contribution in [1.82, 2.24) is 0 Å². The van der Waals surface area contributed by atoms with Crippen molar-refractivity contribution < 1.29 is 4.42 Å². The molecule has 0 aromatic heterocycles. The quantitative estimate of drug-likeness (QED) is 0.598. The highest BCUT2D eigenvalue weighted by molar-refractivity contribution is 5.72. The largest absolute Gasteiger partial charge is 0.464 e. The second-order valence-corrected chi connectivity index (χ2v) is 2.29. The van der Waals surface area contributed by atoms with Crippen molar-refractivity contribution in [3.8, 4) is 11.1 Å². The smallest absolute Gasteiger partial charge is 0.133 e. The molecule has 0 fully saturated rings. The molecule has 2 rings (SSSR count). The number of rotatable bonds is 1. The minimum absolute atomic E-state index is 0.809. The predicted molar refractivity (Wildman–Crippen MR) is 44.3 cm³/mol. The number of hydrogen-bond donors (Lipinski definition) is 0. The molecule has 0 saturated heterocycles. The van der Waals surface area contributed by atoms with Crippen LogP contribution in [0.15, 0.2) is 35.5 Å². The van der Waals surface area contributed by atoms with Crippen LogP contribution in [0.4, 0.5) is 0 Å². The van der Waals surface area contributed by atoms with E-state index in [1.165, 1.54) is 0 Å². The lowest BCUT2D eigenvalue weighted by Crippen LogP contribution is -1.77. The summed E-state index contributed by atoms with van der Waals surface area (Å²) in [5.41, 5.74) is 2.15. The van der Waals surface area contributed by atoms with Crippen LogP contribution in [-0.4, -0.2) is 0 Å². The van der Waals surface area contributed by atoms with Crippen LogP contribution in [0.25, 0.3) is 17.2 Å². The molecular formula is C10H7O. The summed E-state index contributed by atoms with van der Waals surface area (Å²) < 4.78 is 5.21. The molecule has 1 radical (unpaired) electrons. The molecular weight excluding hydrogens is 136 g/mol. The minimum Gasteiger partial charge on any atom is -0.464 e. The summed E-state index contributed by atoms with van der Waals surface area (Å²) >= 11 is 0. The van der Waals surface area contributed by atoms with E-state index in [0.29, 0.717) is 0 Å². The highest BCUT2D eigenvalue weighted by Gasteiger charge is 2.05. The van der Waals surface area contributed by atoms with Crippen molar-refractivity contribution in [3.05, 3.63) is 42.9 Å². The van der Waals surface area contributed by atoms with Gasteiger partial charge < -0.3 is 4.42 Å². The molecule has 2 aliphatic rings. The van der Waals surface area contributed by atoms with Gasteiger partial charge in [0.05, 0.1) is 6.26 Å². The molecule has 0 amide bonds. The molecule has 1 heterocycles. The normalized spacial score (nSPS) is 10.2. The summed E-state index contributed by atoms with van der Waals surface area (Å²) in [5.74, 6) is 0.809. The van der Waals surface area contributed by atoms with Crippen LogP contribution >= 0.6 is 0 Å². The molecule has 0 bridgehead atoms. The Labute approximate surface area is 65.3 Å². The first-order chi connectivity index (χ1) is 5.42. The fourth-order valence-electron chi connectivity index (χ4n) is 1.13. The van der Waals surface area contributed by atoms with Crippen LogP contribution in [0.5, 0.6) is 0 Å². The summed E-state index contributed by atoms with van der Waals surface area (Å²) in [6.07, 6.45) is 3.35. The van der Waals surface area contributed by atoms with E-state index in [9.17, 15) is 0 Å². The maximum Gasteiger partial charge on any atom is 0.133 e. The predicted octanol–water partition coefficient (Wildman–Crippen LogP) is 2.83. The van der Waals surface area contributed by atoms with Gasteiger partial charge in [0.2, 0.25) is 0 Å². The molecule has 1 heteroatoms. The molecule has 0 unspecified atom stereocenters. The maximum absolute atomic E-state index is 5.21. The second-order valence-electron chi connectivity index (χ2n) is 2.29. The zero-order valence-corrected chi connectivity index (χ0v) is 6.00. The molecule has 0 aromatic carbocycles. The minimum atomic E-state index is 0.809. The van der Waals surface area contributed by atoms with Crippen LogP contribution in [0, 0.1) is 6.07 Å². The molecule has 0 N–H and O–H groups in total. The molecule has 1 aliphatic carbocycles. The van der Waals surface area contributed by atoms with Gasteiger partial charge in [0, 0.05) is 5.56 Å². The van der Waals surface area contributed by atoms with Crippen molar-refractivity contribution in [3.63, 3.8) is 0 Å². The molecule has 0 saturated carbocycles. The Morgan fingerprint density at radius 2 is 2.36 bits per heavy atom. The lowest BCUT2D eigenvalue weighted by molar-refractivity contribution is 0.542. The standard InChI is InChI=1S/C10H7O/c1-2-10-9-5-3-4-8(9)6-7-11-10/h2-3,5-7H,1H2. The van der Waals surface area contributed by atoms with Crippen molar-refractivity contribution in [1.29, 1.82) is 0 Å². The molecule has 0 atom stereocenters. The second kappa shape index (κ2) is 2.27. The van der Waals surface area contributed by atoms with Crippen LogP contribution in [-0.2, 0) is 0 Å². The van der Waals surface area contributed by atoms with Crippen molar-refractivity contribution in [2.75, 3.05) is 0 Å². The average Bonchev–Trinajstić information content (AvgIpc) is 2.50. The van der Waals surface area contributed by atoms with E-state index in [1.807, 2.05) is 18.2 Å². The summed E-state index contributed by atoms with van der Waals surface area (Å²) in [4.78, 5) is 0. The summed E-state index contributed by atoms with van der Waals surface area (Å²) in [7, 11) is 0. The monoisotopic (exact) mass is 143 g/mol. The van der Waals surface area contributed by atoms with Gasteiger partial charge in [-0.05, 0) is 29.8 Å². The van der Waals surface area contributed by atoms with Crippen LogP contribution in [0.1, 0.15) is 5.76 Å². The fourth-order valence-corrected chi connectivity index (χ4v) is 1.13. The van der Waals surface area contributed by atoms with Gasteiger partial charge in [-0.1, -0.05) is 12.6 Å². The highest BCUT2D eigenvalue weighted by Crippen LogP contribution is 2.26. The lowest BCUT2D eigenvalue weighted by Gasteiger charge is -1.99. The Morgan fingerprint density at radius 1 is 1.45 bits per heavy atom. The van der Waals surface area contributed by atoms with E-state index >= 15 is 0 Å². The topological polar surface area (TPSA) is 13.1 Å². The van der Waals surface area contributed by atoms with E-state index in [4.69, 9.17) is 4.42 Å². The van der Waals surface area contributed by atoms with Crippen LogP contribution in [0.2, 0.25) is 0 Å². The Balaban J connectivity index is 2.75. The third kappa shape index (κ3) is 0.855. The molecule has 0 spiro atoms. The van der Waals surface area contributed by atoms with Gasteiger partial charge in [0.1, 0.15) is 5.76 Å². The van der Waals surface area contributed by atoms with E-state index in [-0.39, 0.29) is 0 Å². The molecule has 11 heavy (non-hydrogen) atoms. The summed E-state index contributed by atoms with van der Waals surface area (Å²) in [5, 5.41) is 0. The Hall–Kier alpha value is -1.50. The third-order valence-electron chi connectivity index (χ3n) is 1.66. The van der Waals surface area contributed by atoms with Crippen molar-refractivity contribution in [2.45, 2.75) is 0 Å². The lowest BCUT2D eigenvalue weighted by atomic mass is 10.1. The van der Waals surface area contributed by atoms with Gasteiger partial charge in [-0.25, -0.2) is 0 Å². The van der Waals surface area contributed by atoms with E-state index < -0.39 is 0 Å². The van der Waals surface area contributed by atoms with Gasteiger partial charge in [0.15, 0.2) is 0 Å². The van der Waals surface area contributed by atoms with E-state index in [1.54, 1.807) is 12.3 Å². The van der Waals surface area contributed by atoms with Gasteiger partial charge in [-0.15, -0.1) is 0 Å². The van der Waals surface area contributed by atoms with E-state index in [2.05, 4.69) is 12.6 Å². The molecule has 1 aliphatic heterocycles. The van der Waals surface area contributed by atoms with Crippen molar-refractivity contribution in [2.24, 2.45) is 0 Å². The maximum atomic E-state index is 5.21. The van der Waals surface area contributed by atoms with Crippen LogP contribution in [0.3, 0.4) is 0 Å². The Morgan fingerprint density at radius 3 is 3.18 bits per heavy atom. The Kier molecular flexibility index (Phi) is 1.29. The van der Waals surface area contributed by atoms with Gasteiger partial charge in [0.25, 0.3) is 0 Å². The average molecular weight is 143 g/mol. The summed E-state index contributed by atoms with van der Waals surface area (Å²) in [6, 6.07) is 8.83. The fraction of sp³-hybridized carbons (Fsp3) is 0. The first-order valence-electron chi connectivity index (χ1n) is 3.42. The summed E-state index contributed by atoms with van der Waals surface area (Å²) in [6.45, 7) is 3.65. The third-order valence-corrected chi connectivity index (χ3v) is 1.66. The van der Waals surface area contributed by atoms with Gasteiger partial charge in [-0.3, -0.25) is 0 Å². The zero-order valence-electron chi connectivity index (χ0n) is 6.00. The SMILES string of the molecule is C=Cc1occc2[c]ccc1-2. The Bertz CT molecular complexity index is 346. The van der Waals surface area contributed by atoms with Crippen molar-refractivity contribution >= 4 is 6.08 Å². The first-order valence-corrected chi connectivity index (χ1v) is 3.42. The number of hydrogen-bond acceptors (Lipinski definition) is 1.